The first-order chi connectivity index (χ1) is 9.61. The number of aryl methyl sites for hydroxylation is 3. The summed E-state index contributed by atoms with van der Waals surface area (Å²) in [5, 5.41) is 3.60. The molecule has 0 saturated carbocycles. The third-order valence-electron chi connectivity index (χ3n) is 3.74. The first-order valence-corrected chi connectivity index (χ1v) is 7.41. The zero-order valence-electron chi connectivity index (χ0n) is 13.0. The maximum Gasteiger partial charge on any atom is 0.0948 e. The highest BCUT2D eigenvalue weighted by atomic mass is 15.1. The molecule has 1 aromatic carbocycles. The van der Waals surface area contributed by atoms with Crippen LogP contribution in [-0.2, 0) is 13.1 Å². The van der Waals surface area contributed by atoms with Crippen molar-refractivity contribution in [2.45, 2.75) is 53.2 Å². The van der Waals surface area contributed by atoms with Crippen molar-refractivity contribution in [1.29, 1.82) is 0 Å². The van der Waals surface area contributed by atoms with Crippen molar-refractivity contribution in [1.82, 2.24) is 14.9 Å². The minimum atomic E-state index is 0.348. The van der Waals surface area contributed by atoms with Gasteiger partial charge in [-0.15, -0.1) is 0 Å². The number of nitrogens with zero attached hydrogens (tertiary/aromatic N) is 2. The third kappa shape index (κ3) is 3.48. The van der Waals surface area contributed by atoms with Gasteiger partial charge >= 0.3 is 0 Å². The van der Waals surface area contributed by atoms with E-state index >= 15 is 0 Å². The lowest BCUT2D eigenvalue weighted by Gasteiger charge is -2.17. The molecule has 0 aliphatic heterocycles. The topological polar surface area (TPSA) is 29.9 Å². The van der Waals surface area contributed by atoms with Crippen LogP contribution in [0.1, 0.15) is 48.7 Å². The van der Waals surface area contributed by atoms with Crippen LogP contribution in [0.3, 0.4) is 0 Å². The Balaban J connectivity index is 2.01. The molecule has 3 nitrogen and oxygen atoms in total. The Hall–Kier alpha value is -1.61. The van der Waals surface area contributed by atoms with Crippen molar-refractivity contribution in [3.8, 4) is 0 Å². The van der Waals surface area contributed by atoms with Gasteiger partial charge in [-0.2, -0.15) is 0 Å². The molecule has 0 amide bonds. The summed E-state index contributed by atoms with van der Waals surface area (Å²) in [6.45, 7) is 10.6. The zero-order valence-corrected chi connectivity index (χ0v) is 13.0. The number of aromatic nitrogens is 2. The Morgan fingerprint density at radius 3 is 2.80 bits per heavy atom. The van der Waals surface area contributed by atoms with E-state index in [1.807, 2.05) is 12.5 Å². The van der Waals surface area contributed by atoms with Crippen molar-refractivity contribution >= 4 is 0 Å². The van der Waals surface area contributed by atoms with Crippen LogP contribution in [0.15, 0.2) is 30.7 Å². The van der Waals surface area contributed by atoms with Crippen LogP contribution in [0.4, 0.5) is 0 Å². The SMILES string of the molecule is CCCn1cncc1CNC(C)c1ccc(C)cc1C. The molecule has 0 saturated heterocycles. The number of nitrogens with one attached hydrogen (secondary N) is 1. The molecule has 20 heavy (non-hydrogen) atoms. The number of benzene rings is 1. The van der Waals surface area contributed by atoms with E-state index in [9.17, 15) is 0 Å². The van der Waals surface area contributed by atoms with Gasteiger partial charge in [-0.25, -0.2) is 4.98 Å². The molecule has 0 aliphatic rings. The summed E-state index contributed by atoms with van der Waals surface area (Å²) in [5.74, 6) is 0. The molecular formula is C17H25N3. The normalized spacial score (nSPS) is 12.6. The molecule has 1 heterocycles. The highest BCUT2D eigenvalue weighted by Gasteiger charge is 2.09. The number of hydrogen-bond donors (Lipinski definition) is 1. The summed E-state index contributed by atoms with van der Waals surface area (Å²) in [6, 6.07) is 7.00. The van der Waals surface area contributed by atoms with Gasteiger partial charge in [0.05, 0.1) is 12.0 Å². The van der Waals surface area contributed by atoms with Crippen LogP contribution >= 0.6 is 0 Å². The van der Waals surface area contributed by atoms with Crippen LogP contribution in [-0.4, -0.2) is 9.55 Å². The fraction of sp³-hybridized carbons (Fsp3) is 0.471. The predicted octanol–water partition coefficient (Wildman–Crippen LogP) is 3.76. The smallest absolute Gasteiger partial charge is 0.0948 e. The van der Waals surface area contributed by atoms with E-state index in [0.717, 1.165) is 19.5 Å². The Labute approximate surface area is 122 Å². The Morgan fingerprint density at radius 1 is 1.30 bits per heavy atom. The Morgan fingerprint density at radius 2 is 2.10 bits per heavy atom. The van der Waals surface area contributed by atoms with Crippen LogP contribution in [0.5, 0.6) is 0 Å². The molecule has 0 fully saturated rings. The fourth-order valence-electron chi connectivity index (χ4n) is 2.62. The first-order valence-electron chi connectivity index (χ1n) is 7.41. The molecular weight excluding hydrogens is 246 g/mol. The average molecular weight is 271 g/mol. The van der Waals surface area contributed by atoms with Crippen molar-refractivity contribution in [2.24, 2.45) is 0 Å². The lowest BCUT2D eigenvalue weighted by molar-refractivity contribution is 0.540. The molecule has 1 aromatic heterocycles. The molecule has 3 heteroatoms. The van der Waals surface area contributed by atoms with E-state index in [4.69, 9.17) is 0 Å². The summed E-state index contributed by atoms with van der Waals surface area (Å²) in [5.41, 5.74) is 5.30. The highest BCUT2D eigenvalue weighted by molar-refractivity contribution is 5.32. The van der Waals surface area contributed by atoms with Gasteiger partial charge < -0.3 is 9.88 Å². The minimum absolute atomic E-state index is 0.348. The van der Waals surface area contributed by atoms with Gasteiger partial charge in [0, 0.05) is 25.3 Å². The third-order valence-corrected chi connectivity index (χ3v) is 3.74. The zero-order chi connectivity index (χ0) is 14.5. The summed E-state index contributed by atoms with van der Waals surface area (Å²) < 4.78 is 2.22. The van der Waals surface area contributed by atoms with Crippen LogP contribution < -0.4 is 5.32 Å². The van der Waals surface area contributed by atoms with Gasteiger partial charge in [-0.05, 0) is 38.3 Å². The van der Waals surface area contributed by atoms with E-state index in [-0.39, 0.29) is 0 Å². The van der Waals surface area contributed by atoms with Gasteiger partial charge in [0.15, 0.2) is 0 Å². The van der Waals surface area contributed by atoms with E-state index < -0.39 is 0 Å². The van der Waals surface area contributed by atoms with Crippen LogP contribution in [0.2, 0.25) is 0 Å². The van der Waals surface area contributed by atoms with Gasteiger partial charge in [-0.1, -0.05) is 30.7 Å². The highest BCUT2D eigenvalue weighted by Crippen LogP contribution is 2.19. The van der Waals surface area contributed by atoms with Crippen molar-refractivity contribution < 1.29 is 0 Å². The minimum Gasteiger partial charge on any atom is -0.333 e. The second kappa shape index (κ2) is 6.71. The predicted molar refractivity (Wildman–Crippen MR) is 83.7 cm³/mol. The van der Waals surface area contributed by atoms with E-state index in [1.165, 1.54) is 22.4 Å². The summed E-state index contributed by atoms with van der Waals surface area (Å²) in [7, 11) is 0. The van der Waals surface area contributed by atoms with E-state index in [0.29, 0.717) is 6.04 Å². The number of hydrogen-bond acceptors (Lipinski definition) is 2. The Kier molecular flexibility index (Phi) is 4.96. The lowest BCUT2D eigenvalue weighted by atomic mass is 10.0. The lowest BCUT2D eigenvalue weighted by Crippen LogP contribution is -2.20. The fourth-order valence-corrected chi connectivity index (χ4v) is 2.62. The average Bonchev–Trinajstić information content (AvgIpc) is 2.84. The van der Waals surface area contributed by atoms with Gasteiger partial charge in [-0.3, -0.25) is 0 Å². The molecule has 0 bridgehead atoms. The molecule has 0 aliphatic carbocycles. The maximum absolute atomic E-state index is 4.24. The summed E-state index contributed by atoms with van der Waals surface area (Å²) in [6.07, 6.45) is 5.01. The molecule has 0 spiro atoms. The molecule has 2 rings (SSSR count). The van der Waals surface area contributed by atoms with Crippen LogP contribution in [0.25, 0.3) is 0 Å². The van der Waals surface area contributed by atoms with Crippen molar-refractivity contribution in [2.75, 3.05) is 0 Å². The summed E-state index contributed by atoms with van der Waals surface area (Å²) >= 11 is 0. The molecule has 2 aromatic rings. The van der Waals surface area contributed by atoms with Crippen molar-refractivity contribution in [3.63, 3.8) is 0 Å². The Bertz CT molecular complexity index is 557. The first kappa shape index (κ1) is 14.8. The molecule has 108 valence electrons. The van der Waals surface area contributed by atoms with Gasteiger partial charge in [0.1, 0.15) is 0 Å². The molecule has 1 atom stereocenters. The van der Waals surface area contributed by atoms with E-state index in [1.54, 1.807) is 0 Å². The number of imidazole rings is 1. The second-order valence-electron chi connectivity index (χ2n) is 5.54. The largest absolute Gasteiger partial charge is 0.333 e. The number of rotatable bonds is 6. The van der Waals surface area contributed by atoms with Crippen molar-refractivity contribution in [3.05, 3.63) is 53.1 Å². The van der Waals surface area contributed by atoms with Gasteiger partial charge in [0.2, 0.25) is 0 Å². The second-order valence-corrected chi connectivity index (χ2v) is 5.54. The van der Waals surface area contributed by atoms with Gasteiger partial charge in [0.25, 0.3) is 0 Å². The molecule has 0 radical (unpaired) electrons. The quantitative estimate of drug-likeness (QED) is 0.867. The monoisotopic (exact) mass is 271 g/mol. The molecule has 1 N–H and O–H groups in total. The standard InChI is InChI=1S/C17H25N3/c1-5-8-20-12-18-10-16(20)11-19-15(4)17-7-6-13(2)9-14(17)3/h6-7,9-10,12,15,19H,5,8,11H2,1-4H3. The summed E-state index contributed by atoms with van der Waals surface area (Å²) in [4.78, 5) is 4.24. The van der Waals surface area contributed by atoms with Crippen LogP contribution in [0, 0.1) is 13.8 Å². The van der Waals surface area contributed by atoms with E-state index in [2.05, 4.69) is 60.8 Å². The maximum atomic E-state index is 4.24. The molecule has 1 unspecified atom stereocenters.